The van der Waals surface area contributed by atoms with Crippen molar-refractivity contribution in [3.05, 3.63) is 18.2 Å². The Kier molecular flexibility index (Phi) is 2.65. The molecule has 0 bridgehead atoms. The van der Waals surface area contributed by atoms with Gasteiger partial charge >= 0.3 is 0 Å². The molecule has 0 atom stereocenters. The number of carbonyl (C=O) groups is 2. The molecule has 5 N–H and O–H groups in total. The van der Waals surface area contributed by atoms with E-state index in [1.165, 1.54) is 0 Å². The molecule has 0 spiro atoms. The lowest BCUT2D eigenvalue weighted by atomic mass is 9.97. The van der Waals surface area contributed by atoms with Gasteiger partial charge in [-0.25, -0.2) is 0 Å². The summed E-state index contributed by atoms with van der Waals surface area (Å²) in [7, 11) is 0. The monoisotopic (exact) mass is 248 g/mol. The molecule has 0 aliphatic carbocycles. The van der Waals surface area contributed by atoms with Crippen molar-refractivity contribution in [2.24, 2.45) is 0 Å². The summed E-state index contributed by atoms with van der Waals surface area (Å²) >= 11 is 0. The Labute approximate surface area is 105 Å². The number of nitrogens with one attached hydrogen (secondary N) is 1. The minimum Gasteiger partial charge on any atom is -0.397 e. The summed E-state index contributed by atoms with van der Waals surface area (Å²) in [6.45, 7) is 3.62. The summed E-state index contributed by atoms with van der Waals surface area (Å²) in [4.78, 5) is 25.0. The van der Waals surface area contributed by atoms with E-state index in [0.29, 0.717) is 17.1 Å². The first kappa shape index (κ1) is 12.2. The fourth-order valence-corrected chi connectivity index (χ4v) is 1.93. The van der Waals surface area contributed by atoms with Crippen LogP contribution >= 0.6 is 0 Å². The first-order valence-electron chi connectivity index (χ1n) is 5.59. The normalized spacial score (nSPS) is 18.7. The lowest BCUT2D eigenvalue weighted by Gasteiger charge is -2.41. The van der Waals surface area contributed by atoms with E-state index in [1.807, 2.05) is 0 Å². The molecule has 6 heteroatoms. The Morgan fingerprint density at radius 1 is 1.22 bits per heavy atom. The second-order valence-corrected chi connectivity index (χ2v) is 4.84. The Bertz CT molecular complexity index is 525. The van der Waals surface area contributed by atoms with Crippen molar-refractivity contribution < 1.29 is 9.59 Å². The van der Waals surface area contributed by atoms with Crippen LogP contribution in [0.1, 0.15) is 13.8 Å². The van der Waals surface area contributed by atoms with Gasteiger partial charge in [0.2, 0.25) is 5.91 Å². The van der Waals surface area contributed by atoms with Gasteiger partial charge in [-0.2, -0.15) is 0 Å². The van der Waals surface area contributed by atoms with Crippen LogP contribution in [-0.2, 0) is 9.59 Å². The predicted molar refractivity (Wildman–Crippen MR) is 69.8 cm³/mol. The van der Waals surface area contributed by atoms with Crippen LogP contribution in [-0.4, -0.2) is 23.9 Å². The van der Waals surface area contributed by atoms with E-state index in [4.69, 9.17) is 11.5 Å². The van der Waals surface area contributed by atoms with Gasteiger partial charge in [-0.1, -0.05) is 0 Å². The molecule has 18 heavy (non-hydrogen) atoms. The quantitative estimate of drug-likeness (QED) is 0.483. The van der Waals surface area contributed by atoms with E-state index in [0.717, 1.165) is 0 Å². The minimum absolute atomic E-state index is 0.113. The zero-order chi connectivity index (χ0) is 13.5. The van der Waals surface area contributed by atoms with Crippen molar-refractivity contribution in [2.45, 2.75) is 19.4 Å². The van der Waals surface area contributed by atoms with Gasteiger partial charge in [0.15, 0.2) is 0 Å². The Morgan fingerprint density at radius 2 is 1.89 bits per heavy atom. The number of amides is 2. The number of piperazine rings is 1. The lowest BCUT2D eigenvalue weighted by Crippen LogP contribution is -2.64. The molecular formula is C12H16N4O2. The van der Waals surface area contributed by atoms with Crippen LogP contribution in [0.15, 0.2) is 18.2 Å². The molecule has 1 aliphatic rings. The molecule has 1 fully saturated rings. The van der Waals surface area contributed by atoms with E-state index in [9.17, 15) is 9.59 Å². The molecule has 2 amide bonds. The van der Waals surface area contributed by atoms with Crippen LogP contribution in [0.3, 0.4) is 0 Å². The maximum atomic E-state index is 11.8. The summed E-state index contributed by atoms with van der Waals surface area (Å²) in [6.07, 6.45) is 0. The van der Waals surface area contributed by atoms with Gasteiger partial charge in [0.05, 0.1) is 17.9 Å². The highest BCUT2D eigenvalue weighted by Crippen LogP contribution is 2.29. The van der Waals surface area contributed by atoms with Gasteiger partial charge in [0, 0.05) is 5.69 Å². The predicted octanol–water partition coefficient (Wildman–Crippen LogP) is 0.0924. The molecular weight excluding hydrogens is 232 g/mol. The largest absolute Gasteiger partial charge is 0.397 e. The van der Waals surface area contributed by atoms with Crippen LogP contribution < -0.4 is 21.7 Å². The smallest absolute Gasteiger partial charge is 0.251 e. The summed E-state index contributed by atoms with van der Waals surface area (Å²) < 4.78 is 0. The second-order valence-electron chi connectivity index (χ2n) is 4.84. The molecule has 1 saturated heterocycles. The molecule has 0 unspecified atom stereocenters. The number of carbonyl (C=O) groups excluding carboxylic acids is 2. The molecule has 1 aliphatic heterocycles. The fourth-order valence-electron chi connectivity index (χ4n) is 1.93. The summed E-state index contributed by atoms with van der Waals surface area (Å²) in [6, 6.07) is 5.08. The number of hydrogen-bond donors (Lipinski definition) is 3. The van der Waals surface area contributed by atoms with Crippen LogP contribution in [0.4, 0.5) is 17.1 Å². The van der Waals surface area contributed by atoms with Gasteiger partial charge in [0.25, 0.3) is 5.91 Å². The highest BCUT2D eigenvalue weighted by molar-refractivity contribution is 6.06. The average molecular weight is 248 g/mol. The zero-order valence-electron chi connectivity index (χ0n) is 10.4. The van der Waals surface area contributed by atoms with E-state index in [2.05, 4.69) is 5.32 Å². The number of anilines is 3. The van der Waals surface area contributed by atoms with Crippen LogP contribution in [0.5, 0.6) is 0 Å². The standard InChI is InChI=1S/C12H16N4O2/c1-12(2)11(18)15-10(17)6-16(12)7-3-4-8(13)9(14)5-7/h3-5H,6,13-14H2,1-2H3,(H,15,17,18). The molecule has 0 aromatic heterocycles. The first-order chi connectivity index (χ1) is 8.32. The molecule has 2 rings (SSSR count). The van der Waals surface area contributed by atoms with E-state index < -0.39 is 5.54 Å². The maximum Gasteiger partial charge on any atom is 0.251 e. The fraction of sp³-hybridized carbons (Fsp3) is 0.333. The molecule has 1 aromatic carbocycles. The lowest BCUT2D eigenvalue weighted by molar-refractivity contribution is -0.135. The average Bonchev–Trinajstić information content (AvgIpc) is 2.28. The van der Waals surface area contributed by atoms with Crippen LogP contribution in [0.2, 0.25) is 0 Å². The molecule has 96 valence electrons. The van der Waals surface area contributed by atoms with Gasteiger partial charge in [-0.3, -0.25) is 14.9 Å². The summed E-state index contributed by atoms with van der Waals surface area (Å²) in [5.74, 6) is -0.649. The van der Waals surface area contributed by atoms with Crippen molar-refractivity contribution >= 4 is 28.9 Å². The van der Waals surface area contributed by atoms with Crippen LogP contribution in [0, 0.1) is 0 Å². The summed E-state index contributed by atoms with van der Waals surface area (Å²) in [5.41, 5.74) is 12.2. The Morgan fingerprint density at radius 3 is 2.50 bits per heavy atom. The first-order valence-corrected chi connectivity index (χ1v) is 5.59. The minimum atomic E-state index is -0.809. The van der Waals surface area contributed by atoms with Gasteiger partial charge in [0.1, 0.15) is 5.54 Å². The molecule has 0 radical (unpaired) electrons. The van der Waals surface area contributed by atoms with Gasteiger partial charge < -0.3 is 16.4 Å². The van der Waals surface area contributed by atoms with Gasteiger partial charge in [-0.05, 0) is 32.0 Å². The summed E-state index contributed by atoms with van der Waals surface area (Å²) in [5, 5.41) is 2.32. The van der Waals surface area contributed by atoms with Crippen molar-refractivity contribution in [3.8, 4) is 0 Å². The number of hydrogen-bond acceptors (Lipinski definition) is 5. The molecule has 0 saturated carbocycles. The Balaban J connectivity index is 2.43. The zero-order valence-corrected chi connectivity index (χ0v) is 10.4. The number of nitrogen functional groups attached to an aromatic ring is 2. The Hall–Kier alpha value is -2.24. The molecule has 1 heterocycles. The van der Waals surface area contributed by atoms with Gasteiger partial charge in [-0.15, -0.1) is 0 Å². The topological polar surface area (TPSA) is 101 Å². The highest BCUT2D eigenvalue weighted by atomic mass is 16.2. The highest BCUT2D eigenvalue weighted by Gasteiger charge is 2.41. The van der Waals surface area contributed by atoms with Crippen molar-refractivity contribution in [1.29, 1.82) is 0 Å². The van der Waals surface area contributed by atoms with Crippen molar-refractivity contribution in [3.63, 3.8) is 0 Å². The number of imide groups is 1. The number of nitrogens with two attached hydrogens (primary N) is 2. The number of rotatable bonds is 1. The van der Waals surface area contributed by atoms with E-state index >= 15 is 0 Å². The third kappa shape index (κ3) is 1.85. The van der Waals surface area contributed by atoms with Crippen molar-refractivity contribution in [1.82, 2.24) is 5.32 Å². The number of benzene rings is 1. The second kappa shape index (κ2) is 3.90. The van der Waals surface area contributed by atoms with Crippen LogP contribution in [0.25, 0.3) is 0 Å². The SMILES string of the molecule is CC1(C)C(=O)NC(=O)CN1c1ccc(N)c(N)c1. The number of nitrogens with zero attached hydrogens (tertiary/aromatic N) is 1. The third-order valence-corrected chi connectivity index (χ3v) is 3.17. The molecule has 6 nitrogen and oxygen atoms in total. The third-order valence-electron chi connectivity index (χ3n) is 3.17. The van der Waals surface area contributed by atoms with E-state index in [1.54, 1.807) is 36.9 Å². The van der Waals surface area contributed by atoms with E-state index in [-0.39, 0.29) is 18.4 Å². The maximum absolute atomic E-state index is 11.8. The van der Waals surface area contributed by atoms with Crippen molar-refractivity contribution in [2.75, 3.05) is 22.9 Å². The molecule has 1 aromatic rings.